The zero-order valence-corrected chi connectivity index (χ0v) is 14.2. The number of nitrogens with one attached hydrogen (secondary N) is 1. The number of aromatic nitrogens is 2. The van der Waals surface area contributed by atoms with E-state index in [0.29, 0.717) is 23.9 Å². The van der Waals surface area contributed by atoms with Crippen LogP contribution >= 0.6 is 11.3 Å². The molecule has 0 fully saturated rings. The Balaban J connectivity index is 2.55. The summed E-state index contributed by atoms with van der Waals surface area (Å²) < 4.78 is 34.1. The van der Waals surface area contributed by atoms with E-state index in [1.807, 2.05) is 19.2 Å². The van der Waals surface area contributed by atoms with Crippen LogP contribution in [0.1, 0.15) is 13.8 Å². The normalized spacial score (nSPS) is 12.7. The lowest BCUT2D eigenvalue weighted by atomic mass is 10.4. The second-order valence-electron chi connectivity index (χ2n) is 4.77. The summed E-state index contributed by atoms with van der Waals surface area (Å²) in [5.74, 6) is 0.366. The van der Waals surface area contributed by atoms with Crippen LogP contribution in [-0.4, -0.2) is 55.5 Å². The standard InChI is InChI=1S/C12H20N4O3S2/c1-9(2)16(5-7-19-4)21(17,18)11-10(13-3)14-12-15(11)6-8-20-12/h6,8-9,13H,5,7H2,1-4H3. The first-order valence-electron chi connectivity index (χ1n) is 6.57. The number of ether oxygens (including phenoxy) is 1. The van der Waals surface area contributed by atoms with Crippen molar-refractivity contribution >= 4 is 32.1 Å². The van der Waals surface area contributed by atoms with Crippen LogP contribution in [0.3, 0.4) is 0 Å². The van der Waals surface area contributed by atoms with E-state index in [9.17, 15) is 8.42 Å². The molecule has 0 aliphatic rings. The van der Waals surface area contributed by atoms with Gasteiger partial charge in [0.1, 0.15) is 0 Å². The molecule has 21 heavy (non-hydrogen) atoms. The van der Waals surface area contributed by atoms with Gasteiger partial charge in [0.05, 0.1) is 6.61 Å². The van der Waals surface area contributed by atoms with E-state index >= 15 is 0 Å². The van der Waals surface area contributed by atoms with Crippen LogP contribution in [-0.2, 0) is 14.8 Å². The highest BCUT2D eigenvalue weighted by Crippen LogP contribution is 2.28. The van der Waals surface area contributed by atoms with Crippen molar-refractivity contribution in [2.75, 3.05) is 32.6 Å². The van der Waals surface area contributed by atoms with Gasteiger partial charge in [0.2, 0.25) is 0 Å². The highest BCUT2D eigenvalue weighted by molar-refractivity contribution is 7.89. The van der Waals surface area contributed by atoms with E-state index in [1.54, 1.807) is 24.8 Å². The van der Waals surface area contributed by atoms with E-state index in [4.69, 9.17) is 4.74 Å². The number of hydrogen-bond donors (Lipinski definition) is 1. The number of rotatable bonds is 7. The van der Waals surface area contributed by atoms with Crippen LogP contribution in [0, 0.1) is 0 Å². The number of anilines is 1. The predicted octanol–water partition coefficient (Wildman–Crippen LogP) is 1.48. The van der Waals surface area contributed by atoms with Gasteiger partial charge < -0.3 is 10.1 Å². The molecular formula is C12H20N4O3S2. The summed E-state index contributed by atoms with van der Waals surface area (Å²) in [4.78, 5) is 4.96. The Morgan fingerprint density at radius 2 is 2.24 bits per heavy atom. The van der Waals surface area contributed by atoms with Crippen molar-refractivity contribution in [1.82, 2.24) is 13.7 Å². The summed E-state index contributed by atoms with van der Waals surface area (Å²) in [6.45, 7) is 4.34. The number of thiazole rings is 1. The maximum Gasteiger partial charge on any atom is 0.263 e. The average Bonchev–Trinajstić information content (AvgIpc) is 2.97. The van der Waals surface area contributed by atoms with Crippen LogP contribution in [0.2, 0.25) is 0 Å². The summed E-state index contributed by atoms with van der Waals surface area (Å²) in [6.07, 6.45) is 1.72. The number of hydrogen-bond acceptors (Lipinski definition) is 6. The third-order valence-electron chi connectivity index (χ3n) is 3.10. The molecule has 0 spiro atoms. The Morgan fingerprint density at radius 1 is 1.52 bits per heavy atom. The Labute approximate surface area is 128 Å². The number of nitrogens with zero attached hydrogens (tertiary/aromatic N) is 3. The number of fused-ring (bicyclic) bond motifs is 1. The van der Waals surface area contributed by atoms with E-state index in [2.05, 4.69) is 10.3 Å². The van der Waals surface area contributed by atoms with Gasteiger partial charge in [-0.05, 0) is 13.8 Å². The smallest absolute Gasteiger partial charge is 0.263 e. The fraction of sp³-hybridized carbons (Fsp3) is 0.583. The first-order chi connectivity index (χ1) is 9.93. The van der Waals surface area contributed by atoms with Gasteiger partial charge >= 0.3 is 0 Å². The Hall–Kier alpha value is -1.16. The van der Waals surface area contributed by atoms with E-state index in [0.717, 1.165) is 0 Å². The molecule has 0 saturated heterocycles. The van der Waals surface area contributed by atoms with Gasteiger partial charge in [0.15, 0.2) is 15.8 Å². The molecule has 2 rings (SSSR count). The second kappa shape index (κ2) is 6.30. The molecule has 7 nitrogen and oxygen atoms in total. The summed E-state index contributed by atoms with van der Waals surface area (Å²) >= 11 is 1.40. The molecule has 2 heterocycles. The molecule has 0 radical (unpaired) electrons. The molecule has 0 amide bonds. The molecule has 0 atom stereocenters. The maximum atomic E-state index is 13.0. The SMILES string of the molecule is CNc1nc2sccn2c1S(=O)(=O)N(CCOC)C(C)C. The maximum absolute atomic E-state index is 13.0. The molecule has 0 saturated carbocycles. The second-order valence-corrected chi connectivity index (χ2v) is 7.45. The summed E-state index contributed by atoms with van der Waals surface area (Å²) in [7, 11) is -0.448. The van der Waals surface area contributed by atoms with Gasteiger partial charge in [0, 0.05) is 38.3 Å². The third kappa shape index (κ3) is 2.91. The molecule has 2 aromatic heterocycles. The molecule has 118 valence electrons. The molecule has 0 aliphatic carbocycles. The molecule has 0 aromatic carbocycles. The lowest BCUT2D eigenvalue weighted by Crippen LogP contribution is -2.39. The van der Waals surface area contributed by atoms with Crippen molar-refractivity contribution in [2.45, 2.75) is 24.9 Å². The van der Waals surface area contributed by atoms with Crippen LogP contribution in [0.25, 0.3) is 4.96 Å². The lowest BCUT2D eigenvalue weighted by molar-refractivity contribution is 0.170. The van der Waals surface area contributed by atoms with Gasteiger partial charge in [0.25, 0.3) is 10.0 Å². The molecular weight excluding hydrogens is 312 g/mol. The van der Waals surface area contributed by atoms with Crippen LogP contribution < -0.4 is 5.32 Å². The van der Waals surface area contributed by atoms with Crippen LogP contribution in [0.15, 0.2) is 16.6 Å². The van der Waals surface area contributed by atoms with Crippen LogP contribution in [0.4, 0.5) is 5.82 Å². The first-order valence-corrected chi connectivity index (χ1v) is 8.89. The van der Waals surface area contributed by atoms with Gasteiger partial charge in [-0.15, -0.1) is 11.3 Å². The minimum absolute atomic E-state index is 0.168. The number of sulfonamides is 1. The van der Waals surface area contributed by atoms with Gasteiger partial charge in [-0.1, -0.05) is 0 Å². The Bertz CT molecular complexity index is 705. The zero-order valence-electron chi connectivity index (χ0n) is 12.5. The van der Waals surface area contributed by atoms with Crippen molar-refractivity contribution in [3.05, 3.63) is 11.6 Å². The first kappa shape index (κ1) is 16.2. The molecule has 0 bridgehead atoms. The zero-order chi connectivity index (χ0) is 15.6. The Morgan fingerprint density at radius 3 is 2.81 bits per heavy atom. The largest absolute Gasteiger partial charge is 0.383 e. The van der Waals surface area contributed by atoms with Crippen molar-refractivity contribution in [3.63, 3.8) is 0 Å². The van der Waals surface area contributed by atoms with Gasteiger partial charge in [-0.25, -0.2) is 13.4 Å². The highest BCUT2D eigenvalue weighted by atomic mass is 32.2. The quantitative estimate of drug-likeness (QED) is 0.831. The predicted molar refractivity (Wildman–Crippen MR) is 83.5 cm³/mol. The lowest BCUT2D eigenvalue weighted by Gasteiger charge is -2.25. The summed E-state index contributed by atoms with van der Waals surface area (Å²) in [5.41, 5.74) is 0. The van der Waals surface area contributed by atoms with Crippen molar-refractivity contribution in [1.29, 1.82) is 0 Å². The van der Waals surface area contributed by atoms with Gasteiger partial charge in [-0.3, -0.25) is 4.40 Å². The molecule has 2 aromatic rings. The Kier molecular flexibility index (Phi) is 4.87. The van der Waals surface area contributed by atoms with E-state index < -0.39 is 10.0 Å². The van der Waals surface area contributed by atoms with Crippen molar-refractivity contribution < 1.29 is 13.2 Å². The van der Waals surface area contributed by atoms with E-state index in [-0.39, 0.29) is 11.1 Å². The fourth-order valence-corrected chi connectivity index (χ4v) is 4.77. The third-order valence-corrected chi connectivity index (χ3v) is 5.96. The van der Waals surface area contributed by atoms with Crippen LogP contribution in [0.5, 0.6) is 0 Å². The van der Waals surface area contributed by atoms with Gasteiger partial charge in [-0.2, -0.15) is 4.31 Å². The van der Waals surface area contributed by atoms with Crippen molar-refractivity contribution in [3.8, 4) is 0 Å². The molecule has 0 aliphatic heterocycles. The van der Waals surface area contributed by atoms with Crippen molar-refractivity contribution in [2.24, 2.45) is 0 Å². The minimum atomic E-state index is -3.67. The number of imidazole rings is 1. The number of methoxy groups -OCH3 is 1. The fourth-order valence-electron chi connectivity index (χ4n) is 2.12. The molecule has 1 N–H and O–H groups in total. The minimum Gasteiger partial charge on any atom is -0.383 e. The monoisotopic (exact) mass is 332 g/mol. The van der Waals surface area contributed by atoms with E-state index in [1.165, 1.54) is 15.6 Å². The summed E-state index contributed by atoms with van der Waals surface area (Å²) in [5, 5.41) is 4.85. The topological polar surface area (TPSA) is 75.9 Å². The molecule has 0 unspecified atom stereocenters. The average molecular weight is 332 g/mol. The highest BCUT2D eigenvalue weighted by Gasteiger charge is 2.33. The molecule has 9 heteroatoms. The summed E-state index contributed by atoms with van der Waals surface area (Å²) in [6, 6.07) is -0.168.